The van der Waals surface area contributed by atoms with Gasteiger partial charge in [-0.15, -0.1) is 0 Å². The van der Waals surface area contributed by atoms with E-state index in [0.29, 0.717) is 5.82 Å². The Kier molecular flexibility index (Phi) is 7.16. The minimum atomic E-state index is -0.751. The fourth-order valence-electron chi connectivity index (χ4n) is 3.21. The van der Waals surface area contributed by atoms with Crippen molar-refractivity contribution >= 4 is 17.4 Å². The molecule has 2 heterocycles. The highest BCUT2D eigenvalue weighted by molar-refractivity contribution is 6.07. The Morgan fingerprint density at radius 1 is 1.19 bits per heavy atom. The van der Waals surface area contributed by atoms with Gasteiger partial charge in [0.25, 0.3) is 11.5 Å². The van der Waals surface area contributed by atoms with E-state index < -0.39 is 17.2 Å². The lowest BCUT2D eigenvalue weighted by atomic mass is 10.2. The lowest BCUT2D eigenvalue weighted by molar-refractivity contribution is 0.0975. The van der Waals surface area contributed by atoms with E-state index >= 15 is 0 Å². The molecule has 2 aromatic heterocycles. The Hall–Kier alpha value is -3.79. The van der Waals surface area contributed by atoms with Crippen LogP contribution >= 0.6 is 0 Å². The van der Waals surface area contributed by atoms with Crippen LogP contribution in [0.2, 0.25) is 0 Å². The quantitative estimate of drug-likeness (QED) is 0.544. The van der Waals surface area contributed by atoms with Gasteiger partial charge in [0.1, 0.15) is 5.82 Å². The molecule has 168 valence electrons. The lowest BCUT2D eigenvalue weighted by Crippen LogP contribution is -2.43. The zero-order valence-electron chi connectivity index (χ0n) is 18.2. The van der Waals surface area contributed by atoms with Gasteiger partial charge >= 0.3 is 5.69 Å². The second-order valence-corrected chi connectivity index (χ2v) is 7.61. The van der Waals surface area contributed by atoms with Crippen LogP contribution in [-0.2, 0) is 11.3 Å². The van der Waals surface area contributed by atoms with Gasteiger partial charge in [-0.2, -0.15) is 0 Å². The topological polar surface area (TPSA) is 136 Å². The highest BCUT2D eigenvalue weighted by Crippen LogP contribution is 2.20. The second kappa shape index (κ2) is 10.0. The molecule has 0 saturated heterocycles. The highest BCUT2D eigenvalue weighted by Gasteiger charge is 2.26. The predicted molar refractivity (Wildman–Crippen MR) is 122 cm³/mol. The first-order valence-electron chi connectivity index (χ1n) is 10.1. The van der Waals surface area contributed by atoms with Gasteiger partial charge in [-0.25, -0.2) is 14.8 Å². The van der Waals surface area contributed by atoms with Gasteiger partial charge in [0, 0.05) is 38.2 Å². The number of H-pyrrole nitrogens is 1. The second-order valence-electron chi connectivity index (χ2n) is 7.61. The number of anilines is 2. The van der Waals surface area contributed by atoms with Crippen LogP contribution < -0.4 is 21.9 Å². The minimum Gasteiger partial charge on any atom is -0.383 e. The van der Waals surface area contributed by atoms with Crippen molar-refractivity contribution in [1.82, 2.24) is 19.5 Å². The lowest BCUT2D eigenvalue weighted by Gasteiger charge is -2.24. The van der Waals surface area contributed by atoms with Gasteiger partial charge in [0.2, 0.25) is 0 Å². The Labute approximate surface area is 184 Å². The van der Waals surface area contributed by atoms with Crippen molar-refractivity contribution in [3.8, 4) is 11.4 Å². The summed E-state index contributed by atoms with van der Waals surface area (Å²) >= 11 is 0. The number of nitrogens with one attached hydrogen (secondary N) is 1. The zero-order valence-corrected chi connectivity index (χ0v) is 18.2. The number of rotatable bonds is 8. The van der Waals surface area contributed by atoms with E-state index in [-0.39, 0.29) is 42.7 Å². The number of methoxy groups -OCH3 is 1. The first-order chi connectivity index (χ1) is 15.3. The average molecular weight is 438 g/mol. The minimum absolute atomic E-state index is 0.0446. The third kappa shape index (κ3) is 4.92. The molecule has 0 radical (unpaired) electrons. The third-order valence-electron chi connectivity index (χ3n) is 4.73. The molecule has 0 spiro atoms. The average Bonchev–Trinajstić information content (AvgIpc) is 2.79. The molecule has 0 bridgehead atoms. The molecule has 1 amide bonds. The summed E-state index contributed by atoms with van der Waals surface area (Å²) in [7, 11) is 1.48. The number of ether oxygens (including phenoxy) is 1. The van der Waals surface area contributed by atoms with Crippen LogP contribution in [0.25, 0.3) is 11.4 Å². The van der Waals surface area contributed by atoms with E-state index in [2.05, 4.69) is 15.0 Å². The molecule has 0 saturated carbocycles. The molecule has 10 nitrogen and oxygen atoms in total. The zero-order chi connectivity index (χ0) is 23.3. The molecule has 0 aliphatic heterocycles. The van der Waals surface area contributed by atoms with Gasteiger partial charge in [-0.3, -0.25) is 24.0 Å². The first-order valence-corrected chi connectivity index (χ1v) is 10.1. The van der Waals surface area contributed by atoms with Gasteiger partial charge in [-0.1, -0.05) is 44.2 Å². The molecule has 32 heavy (non-hydrogen) atoms. The molecule has 0 atom stereocenters. The van der Waals surface area contributed by atoms with Crippen molar-refractivity contribution in [3.05, 3.63) is 69.1 Å². The summed E-state index contributed by atoms with van der Waals surface area (Å²) in [5.41, 5.74) is 5.69. The molecule has 1 aromatic carbocycles. The maximum absolute atomic E-state index is 13.3. The van der Waals surface area contributed by atoms with Crippen molar-refractivity contribution in [2.24, 2.45) is 5.92 Å². The van der Waals surface area contributed by atoms with E-state index in [9.17, 15) is 14.4 Å². The highest BCUT2D eigenvalue weighted by atomic mass is 16.5. The number of carbonyl (C=O) groups excluding carboxylic acids is 1. The molecular weight excluding hydrogens is 412 g/mol. The number of aromatic amines is 1. The van der Waals surface area contributed by atoms with Crippen molar-refractivity contribution in [1.29, 1.82) is 0 Å². The molecule has 0 fully saturated rings. The van der Waals surface area contributed by atoms with Gasteiger partial charge < -0.3 is 10.5 Å². The largest absolute Gasteiger partial charge is 0.383 e. The molecule has 0 unspecified atom stereocenters. The SMILES string of the molecule is COCCN(C(=O)c1cnc(-c2ccccc2)nc1)c1c(N)n(CC(C)C)c(=O)[nH]c1=O. The van der Waals surface area contributed by atoms with E-state index in [0.717, 1.165) is 5.56 Å². The van der Waals surface area contributed by atoms with E-state index in [1.807, 2.05) is 44.2 Å². The fraction of sp³-hybridized carbons (Fsp3) is 0.318. The van der Waals surface area contributed by atoms with E-state index in [4.69, 9.17) is 10.5 Å². The van der Waals surface area contributed by atoms with Crippen LogP contribution in [0.5, 0.6) is 0 Å². The summed E-state index contributed by atoms with van der Waals surface area (Å²) in [6.07, 6.45) is 2.79. The van der Waals surface area contributed by atoms with Crippen LogP contribution in [0.1, 0.15) is 24.2 Å². The van der Waals surface area contributed by atoms with Gasteiger partial charge in [0.05, 0.1) is 12.2 Å². The molecule has 10 heteroatoms. The Bertz CT molecular complexity index is 1190. The van der Waals surface area contributed by atoms with Crippen LogP contribution in [0, 0.1) is 5.92 Å². The number of nitrogens with zero attached hydrogens (tertiary/aromatic N) is 4. The van der Waals surface area contributed by atoms with Crippen LogP contribution in [0.4, 0.5) is 11.5 Å². The smallest absolute Gasteiger partial charge is 0.330 e. The van der Waals surface area contributed by atoms with E-state index in [1.54, 1.807) is 0 Å². The summed E-state index contributed by atoms with van der Waals surface area (Å²) in [4.78, 5) is 50.3. The summed E-state index contributed by atoms with van der Waals surface area (Å²) in [6, 6.07) is 9.34. The number of hydrogen-bond acceptors (Lipinski definition) is 7. The molecular formula is C22H26N6O4. The number of nitrogen functional groups attached to an aromatic ring is 1. The fourth-order valence-corrected chi connectivity index (χ4v) is 3.21. The Morgan fingerprint density at radius 3 is 2.44 bits per heavy atom. The monoisotopic (exact) mass is 438 g/mol. The Morgan fingerprint density at radius 2 is 1.84 bits per heavy atom. The summed E-state index contributed by atoms with van der Waals surface area (Å²) in [6.45, 7) is 4.31. The van der Waals surface area contributed by atoms with E-state index in [1.165, 1.54) is 29.0 Å². The maximum atomic E-state index is 13.3. The Balaban J connectivity index is 2.03. The van der Waals surface area contributed by atoms with Crippen molar-refractivity contribution in [2.45, 2.75) is 20.4 Å². The molecule has 0 aliphatic carbocycles. The molecule has 3 aromatic rings. The van der Waals surface area contributed by atoms with Crippen LogP contribution in [0.3, 0.4) is 0 Å². The number of carbonyl (C=O) groups is 1. The molecule has 3 rings (SSSR count). The van der Waals surface area contributed by atoms with Gasteiger partial charge in [-0.05, 0) is 5.92 Å². The van der Waals surface area contributed by atoms with Crippen molar-refractivity contribution < 1.29 is 9.53 Å². The predicted octanol–water partition coefficient (Wildman–Crippen LogP) is 1.53. The van der Waals surface area contributed by atoms with Gasteiger partial charge in [0.15, 0.2) is 11.5 Å². The number of aromatic nitrogens is 4. The first kappa shape index (κ1) is 22.9. The van der Waals surface area contributed by atoms with Crippen molar-refractivity contribution in [2.75, 3.05) is 30.9 Å². The molecule has 3 N–H and O–H groups in total. The standard InChI is InChI=1S/C22H26N6O4/c1-14(2)13-28-18(23)17(20(29)26-22(28)31)27(9-10-32-3)21(30)16-11-24-19(25-12-16)15-7-5-4-6-8-15/h4-8,11-12,14H,9-10,13,23H2,1-3H3,(H,26,29,31). The molecule has 0 aliphatic rings. The summed E-state index contributed by atoms with van der Waals surface area (Å²) in [5.74, 6) is -0.0587. The summed E-state index contributed by atoms with van der Waals surface area (Å²) < 4.78 is 6.36. The number of benzene rings is 1. The maximum Gasteiger partial charge on any atom is 0.330 e. The normalized spacial score (nSPS) is 11.0. The number of nitrogens with two attached hydrogens (primary N) is 1. The number of amides is 1. The summed E-state index contributed by atoms with van der Waals surface area (Å²) in [5, 5.41) is 0. The third-order valence-corrected chi connectivity index (χ3v) is 4.73. The van der Waals surface area contributed by atoms with Crippen LogP contribution in [-0.4, -0.2) is 45.7 Å². The van der Waals surface area contributed by atoms with Crippen LogP contribution in [0.15, 0.2) is 52.3 Å². The van der Waals surface area contributed by atoms with Crippen molar-refractivity contribution in [3.63, 3.8) is 0 Å². The number of hydrogen-bond donors (Lipinski definition) is 2.